The molecule has 1 rings (SSSR count). The van der Waals surface area contributed by atoms with Crippen molar-refractivity contribution in [2.24, 2.45) is 5.92 Å². The predicted octanol–water partition coefficient (Wildman–Crippen LogP) is 1.55. The van der Waals surface area contributed by atoms with Crippen LogP contribution in [0.2, 0.25) is 0 Å². The molecular weight excluding hydrogens is 276 g/mol. The molecule has 1 atom stereocenters. The topological polar surface area (TPSA) is 96.9 Å². The average molecular weight is 296 g/mol. The van der Waals surface area contributed by atoms with Crippen LogP contribution in [0.5, 0.6) is 5.75 Å². The number of benzene rings is 1. The van der Waals surface area contributed by atoms with E-state index in [1.54, 1.807) is 31.4 Å². The summed E-state index contributed by atoms with van der Waals surface area (Å²) in [4.78, 5) is 22.1. The van der Waals surface area contributed by atoms with Crippen molar-refractivity contribution < 1.29 is 24.2 Å². The van der Waals surface area contributed by atoms with Crippen LogP contribution in [0, 0.1) is 5.92 Å². The monoisotopic (exact) mass is 296 g/mol. The Labute approximate surface area is 123 Å². The molecule has 0 bridgehead atoms. The van der Waals surface area contributed by atoms with Crippen LogP contribution in [0.1, 0.15) is 6.92 Å². The number of rotatable bonds is 8. The van der Waals surface area contributed by atoms with Gasteiger partial charge in [0.05, 0.1) is 6.61 Å². The van der Waals surface area contributed by atoms with Gasteiger partial charge in [0.2, 0.25) is 0 Å². The van der Waals surface area contributed by atoms with E-state index in [9.17, 15) is 9.59 Å². The first-order valence-electron chi connectivity index (χ1n) is 6.49. The molecule has 0 spiro atoms. The van der Waals surface area contributed by atoms with E-state index in [1.165, 1.54) is 0 Å². The first kappa shape index (κ1) is 16.8. The zero-order valence-electron chi connectivity index (χ0n) is 12.1. The molecule has 7 nitrogen and oxygen atoms in total. The Balaban J connectivity index is 2.44. The number of carbonyl (C=O) groups is 2. The Morgan fingerprint density at radius 3 is 2.81 bits per heavy atom. The first-order valence-corrected chi connectivity index (χ1v) is 6.49. The summed E-state index contributed by atoms with van der Waals surface area (Å²) in [5.41, 5.74) is 0.523. The molecule has 0 saturated heterocycles. The van der Waals surface area contributed by atoms with Gasteiger partial charge >= 0.3 is 12.0 Å². The Hall–Kier alpha value is -2.28. The predicted molar refractivity (Wildman–Crippen MR) is 77.6 cm³/mol. The van der Waals surface area contributed by atoms with E-state index in [0.717, 1.165) is 0 Å². The minimum atomic E-state index is -1.06. The smallest absolute Gasteiger partial charge is 0.341 e. The van der Waals surface area contributed by atoms with Gasteiger partial charge in [-0.1, -0.05) is 13.0 Å². The van der Waals surface area contributed by atoms with Crippen LogP contribution in [-0.4, -0.2) is 44.0 Å². The van der Waals surface area contributed by atoms with Gasteiger partial charge in [-0.3, -0.25) is 0 Å². The fourth-order valence-electron chi connectivity index (χ4n) is 1.59. The summed E-state index contributed by atoms with van der Waals surface area (Å²) in [6, 6.07) is 6.19. The third-order valence-electron chi connectivity index (χ3n) is 2.52. The van der Waals surface area contributed by atoms with Gasteiger partial charge in [-0.25, -0.2) is 9.59 Å². The number of amides is 2. The maximum absolute atomic E-state index is 11.7. The van der Waals surface area contributed by atoms with E-state index in [-0.39, 0.29) is 11.9 Å². The van der Waals surface area contributed by atoms with E-state index in [0.29, 0.717) is 24.6 Å². The molecule has 3 N–H and O–H groups in total. The van der Waals surface area contributed by atoms with Gasteiger partial charge < -0.3 is 25.2 Å². The molecular formula is C14H20N2O5. The van der Waals surface area contributed by atoms with Crippen molar-refractivity contribution in [1.29, 1.82) is 0 Å². The zero-order chi connectivity index (χ0) is 15.7. The quantitative estimate of drug-likeness (QED) is 0.676. The molecule has 0 radical (unpaired) electrons. The summed E-state index contributed by atoms with van der Waals surface area (Å²) in [5.74, 6) is -0.466. The Morgan fingerprint density at radius 2 is 2.14 bits per heavy atom. The summed E-state index contributed by atoms with van der Waals surface area (Å²) in [6.07, 6.45) is 0. The maximum Gasteiger partial charge on any atom is 0.341 e. The van der Waals surface area contributed by atoms with Gasteiger partial charge in [-0.05, 0) is 18.1 Å². The highest BCUT2D eigenvalue weighted by atomic mass is 16.5. The van der Waals surface area contributed by atoms with Crippen molar-refractivity contribution in [2.75, 3.05) is 32.2 Å². The van der Waals surface area contributed by atoms with Crippen LogP contribution in [-0.2, 0) is 9.53 Å². The molecule has 0 fully saturated rings. The van der Waals surface area contributed by atoms with Crippen LogP contribution in [0.15, 0.2) is 24.3 Å². The van der Waals surface area contributed by atoms with Crippen molar-refractivity contribution in [3.63, 3.8) is 0 Å². The lowest BCUT2D eigenvalue weighted by molar-refractivity contribution is -0.139. The lowest BCUT2D eigenvalue weighted by atomic mass is 10.2. The van der Waals surface area contributed by atoms with E-state index >= 15 is 0 Å². The second kappa shape index (κ2) is 8.80. The summed E-state index contributed by atoms with van der Waals surface area (Å²) in [6.45, 7) is 2.60. The van der Waals surface area contributed by atoms with Gasteiger partial charge in [-0.2, -0.15) is 0 Å². The molecule has 1 aromatic carbocycles. The second-order valence-corrected chi connectivity index (χ2v) is 4.61. The largest absolute Gasteiger partial charge is 0.482 e. The third kappa shape index (κ3) is 7.17. The van der Waals surface area contributed by atoms with E-state index in [2.05, 4.69) is 10.6 Å². The van der Waals surface area contributed by atoms with Gasteiger partial charge in [0.1, 0.15) is 5.75 Å². The van der Waals surface area contributed by atoms with Crippen molar-refractivity contribution in [3.8, 4) is 5.75 Å². The van der Waals surface area contributed by atoms with Crippen LogP contribution < -0.4 is 15.4 Å². The molecule has 0 heterocycles. The molecule has 1 unspecified atom stereocenters. The van der Waals surface area contributed by atoms with Crippen molar-refractivity contribution >= 4 is 17.7 Å². The summed E-state index contributed by atoms with van der Waals surface area (Å²) < 4.78 is 10.0. The van der Waals surface area contributed by atoms with Crippen molar-refractivity contribution in [3.05, 3.63) is 24.3 Å². The molecule has 0 saturated carbocycles. The summed E-state index contributed by atoms with van der Waals surface area (Å²) in [7, 11) is 1.61. The third-order valence-corrected chi connectivity index (χ3v) is 2.52. The zero-order valence-corrected chi connectivity index (χ0v) is 12.1. The highest BCUT2D eigenvalue weighted by Crippen LogP contribution is 2.17. The van der Waals surface area contributed by atoms with Crippen molar-refractivity contribution in [2.45, 2.75) is 6.92 Å². The lowest BCUT2D eigenvalue weighted by Crippen LogP contribution is -2.33. The normalized spacial score (nSPS) is 11.5. The average Bonchev–Trinajstić information content (AvgIpc) is 2.44. The van der Waals surface area contributed by atoms with Crippen LogP contribution >= 0.6 is 0 Å². The number of hydrogen-bond donors (Lipinski definition) is 3. The van der Waals surface area contributed by atoms with E-state index < -0.39 is 12.6 Å². The minimum absolute atomic E-state index is 0.214. The number of ether oxygens (including phenoxy) is 2. The van der Waals surface area contributed by atoms with Gasteiger partial charge in [0.15, 0.2) is 6.61 Å². The molecule has 7 heteroatoms. The SMILES string of the molecule is COCC(C)CNC(=O)Nc1cccc(OCC(=O)O)c1. The fourth-order valence-corrected chi connectivity index (χ4v) is 1.59. The summed E-state index contributed by atoms with van der Waals surface area (Å²) >= 11 is 0. The Morgan fingerprint density at radius 1 is 1.38 bits per heavy atom. The van der Waals surface area contributed by atoms with Crippen LogP contribution in [0.4, 0.5) is 10.5 Å². The minimum Gasteiger partial charge on any atom is -0.482 e. The first-order chi connectivity index (χ1) is 10.0. The number of urea groups is 1. The molecule has 116 valence electrons. The van der Waals surface area contributed by atoms with E-state index in [4.69, 9.17) is 14.6 Å². The van der Waals surface area contributed by atoms with Gasteiger partial charge in [0, 0.05) is 25.4 Å². The number of carbonyl (C=O) groups excluding carboxylic acids is 1. The molecule has 2 amide bonds. The standard InChI is InChI=1S/C14H20N2O5/c1-10(8-20-2)7-15-14(19)16-11-4-3-5-12(6-11)21-9-13(17)18/h3-6,10H,7-9H2,1-2H3,(H,17,18)(H2,15,16,19). The van der Waals surface area contributed by atoms with Crippen molar-refractivity contribution in [1.82, 2.24) is 5.32 Å². The maximum atomic E-state index is 11.7. The molecule has 21 heavy (non-hydrogen) atoms. The summed E-state index contributed by atoms with van der Waals surface area (Å²) in [5, 5.41) is 13.9. The molecule has 0 aliphatic heterocycles. The van der Waals surface area contributed by atoms with Crippen LogP contribution in [0.25, 0.3) is 0 Å². The molecule has 0 aliphatic carbocycles. The highest BCUT2D eigenvalue weighted by Gasteiger charge is 2.06. The Bertz CT molecular complexity index is 478. The van der Waals surface area contributed by atoms with Gasteiger partial charge in [0.25, 0.3) is 0 Å². The Kier molecular flexibility index (Phi) is 7.03. The molecule has 0 aliphatic rings. The van der Waals surface area contributed by atoms with E-state index in [1.807, 2.05) is 6.92 Å². The molecule has 0 aromatic heterocycles. The number of aliphatic carboxylic acids is 1. The number of methoxy groups -OCH3 is 1. The highest BCUT2D eigenvalue weighted by molar-refractivity contribution is 5.89. The fraction of sp³-hybridized carbons (Fsp3) is 0.429. The van der Waals surface area contributed by atoms with Crippen LogP contribution in [0.3, 0.4) is 0 Å². The number of carboxylic acid groups (broad SMARTS) is 1. The number of hydrogen-bond acceptors (Lipinski definition) is 4. The van der Waals surface area contributed by atoms with Gasteiger partial charge in [-0.15, -0.1) is 0 Å². The second-order valence-electron chi connectivity index (χ2n) is 4.61. The number of carboxylic acids is 1. The number of nitrogens with one attached hydrogen (secondary N) is 2. The molecule has 1 aromatic rings. The number of anilines is 1. The lowest BCUT2D eigenvalue weighted by Gasteiger charge is -2.12.